The van der Waals surface area contributed by atoms with Crippen LogP contribution in [0, 0.1) is 6.92 Å². The molecule has 0 radical (unpaired) electrons. The van der Waals surface area contributed by atoms with Crippen molar-refractivity contribution >= 4 is 23.2 Å². The molecule has 0 aliphatic carbocycles. The van der Waals surface area contributed by atoms with E-state index in [-0.39, 0.29) is 5.91 Å². The van der Waals surface area contributed by atoms with Crippen LogP contribution in [-0.2, 0) is 12.8 Å². The number of hydrogen-bond acceptors (Lipinski definition) is 4. The van der Waals surface area contributed by atoms with E-state index in [4.69, 9.17) is 0 Å². The molecule has 2 aromatic carbocycles. The molecule has 3 aromatic rings. The molecule has 3 heterocycles. The van der Waals surface area contributed by atoms with Crippen LogP contribution in [-0.4, -0.2) is 29.0 Å². The second-order valence-corrected chi connectivity index (χ2v) is 7.06. The third-order valence-corrected chi connectivity index (χ3v) is 5.32. The number of fused-ring (bicyclic) bond motifs is 2. The Balaban J connectivity index is 1.51. The summed E-state index contributed by atoms with van der Waals surface area (Å²) in [5.74, 6) is 0.551. The number of rotatable bonds is 2. The Morgan fingerprint density at radius 1 is 0.889 bits per heavy atom. The number of aromatic nitrogens is 2. The van der Waals surface area contributed by atoms with Gasteiger partial charge in [0.2, 0.25) is 5.95 Å². The Morgan fingerprint density at radius 2 is 1.56 bits per heavy atom. The molecular weight excluding hydrogens is 336 g/mol. The standard InChI is InChI=1S/C22H20N4O/c1-15-14-18(21(27)25-12-10-16-6-2-4-8-19(16)25)24-22(23-15)26-13-11-17-7-3-5-9-20(17)26/h2-9,14H,10-13H2,1H3. The highest BCUT2D eigenvalue weighted by atomic mass is 16.2. The maximum atomic E-state index is 13.2. The fourth-order valence-electron chi connectivity index (χ4n) is 4.02. The fourth-order valence-corrected chi connectivity index (χ4v) is 4.02. The zero-order chi connectivity index (χ0) is 18.4. The summed E-state index contributed by atoms with van der Waals surface area (Å²) in [6.45, 7) is 3.45. The lowest BCUT2D eigenvalue weighted by Gasteiger charge is -2.20. The largest absolute Gasteiger partial charge is 0.310 e. The van der Waals surface area contributed by atoms with E-state index in [2.05, 4.69) is 39.1 Å². The summed E-state index contributed by atoms with van der Waals surface area (Å²) in [5, 5.41) is 0. The summed E-state index contributed by atoms with van der Waals surface area (Å²) in [6.07, 6.45) is 1.86. The van der Waals surface area contributed by atoms with Crippen LogP contribution in [0.15, 0.2) is 54.6 Å². The highest BCUT2D eigenvalue weighted by Crippen LogP contribution is 2.33. The Hall–Kier alpha value is -3.21. The first-order valence-electron chi connectivity index (χ1n) is 9.31. The minimum atomic E-state index is -0.0563. The van der Waals surface area contributed by atoms with Crippen LogP contribution < -0.4 is 9.80 Å². The average molecular weight is 356 g/mol. The number of nitrogens with zero attached hydrogens (tertiary/aromatic N) is 4. The first-order chi connectivity index (χ1) is 13.2. The third-order valence-electron chi connectivity index (χ3n) is 5.32. The summed E-state index contributed by atoms with van der Waals surface area (Å²) in [5.41, 5.74) is 5.90. The quantitative estimate of drug-likeness (QED) is 0.703. The molecule has 27 heavy (non-hydrogen) atoms. The molecule has 1 aromatic heterocycles. The SMILES string of the molecule is Cc1cc(C(=O)N2CCc3ccccc32)nc(N2CCc3ccccc32)n1. The van der Waals surface area contributed by atoms with Gasteiger partial charge in [-0.25, -0.2) is 9.97 Å². The van der Waals surface area contributed by atoms with Crippen molar-refractivity contribution in [3.8, 4) is 0 Å². The monoisotopic (exact) mass is 356 g/mol. The molecule has 2 aliphatic rings. The van der Waals surface area contributed by atoms with Crippen LogP contribution >= 0.6 is 0 Å². The van der Waals surface area contributed by atoms with Gasteiger partial charge in [0.15, 0.2) is 0 Å². The molecule has 1 amide bonds. The molecule has 2 aliphatic heterocycles. The number of carbonyl (C=O) groups is 1. The second kappa shape index (κ2) is 6.20. The van der Waals surface area contributed by atoms with Crippen molar-refractivity contribution in [1.82, 2.24) is 9.97 Å². The van der Waals surface area contributed by atoms with E-state index in [1.807, 2.05) is 36.1 Å². The molecule has 0 spiro atoms. The molecule has 0 atom stereocenters. The molecule has 5 nitrogen and oxygen atoms in total. The van der Waals surface area contributed by atoms with Gasteiger partial charge in [-0.05, 0) is 49.1 Å². The third kappa shape index (κ3) is 2.67. The Kier molecular flexibility index (Phi) is 3.67. The van der Waals surface area contributed by atoms with E-state index in [1.54, 1.807) is 6.07 Å². The van der Waals surface area contributed by atoms with Crippen LogP contribution in [0.4, 0.5) is 17.3 Å². The van der Waals surface area contributed by atoms with E-state index >= 15 is 0 Å². The number of amides is 1. The van der Waals surface area contributed by atoms with Crippen LogP contribution in [0.2, 0.25) is 0 Å². The predicted molar refractivity (Wildman–Crippen MR) is 106 cm³/mol. The molecule has 134 valence electrons. The molecule has 5 heteroatoms. The summed E-state index contributed by atoms with van der Waals surface area (Å²) < 4.78 is 0. The van der Waals surface area contributed by atoms with Gasteiger partial charge in [0, 0.05) is 30.2 Å². The van der Waals surface area contributed by atoms with Gasteiger partial charge in [-0.1, -0.05) is 36.4 Å². The minimum Gasteiger partial charge on any atom is -0.310 e. The van der Waals surface area contributed by atoms with Gasteiger partial charge in [-0.15, -0.1) is 0 Å². The minimum absolute atomic E-state index is 0.0563. The molecule has 0 saturated heterocycles. The molecular formula is C22H20N4O. The normalized spacial score (nSPS) is 15.0. The van der Waals surface area contributed by atoms with Gasteiger partial charge in [-0.3, -0.25) is 4.79 Å². The molecule has 0 N–H and O–H groups in total. The zero-order valence-corrected chi connectivity index (χ0v) is 15.2. The number of hydrogen-bond donors (Lipinski definition) is 0. The zero-order valence-electron chi connectivity index (χ0n) is 15.2. The Bertz CT molecular complexity index is 1050. The summed E-state index contributed by atoms with van der Waals surface area (Å²) in [4.78, 5) is 26.4. The smallest absolute Gasteiger partial charge is 0.277 e. The number of para-hydroxylation sites is 2. The van der Waals surface area contributed by atoms with Crippen molar-refractivity contribution < 1.29 is 4.79 Å². The van der Waals surface area contributed by atoms with Gasteiger partial charge >= 0.3 is 0 Å². The molecule has 0 unspecified atom stereocenters. The first kappa shape index (κ1) is 16.0. The van der Waals surface area contributed by atoms with Crippen LogP contribution in [0.5, 0.6) is 0 Å². The Labute approximate surface area is 158 Å². The number of benzene rings is 2. The second-order valence-electron chi connectivity index (χ2n) is 7.06. The van der Waals surface area contributed by atoms with Crippen molar-refractivity contribution in [3.05, 3.63) is 77.1 Å². The van der Waals surface area contributed by atoms with Gasteiger partial charge in [0.05, 0.1) is 0 Å². The number of carbonyl (C=O) groups excluding carboxylic acids is 1. The molecule has 0 bridgehead atoms. The summed E-state index contributed by atoms with van der Waals surface area (Å²) >= 11 is 0. The van der Waals surface area contributed by atoms with Gasteiger partial charge in [-0.2, -0.15) is 0 Å². The number of aryl methyl sites for hydroxylation is 1. The Morgan fingerprint density at radius 3 is 2.37 bits per heavy atom. The predicted octanol–water partition coefficient (Wildman–Crippen LogP) is 3.68. The van der Waals surface area contributed by atoms with E-state index in [9.17, 15) is 4.79 Å². The van der Waals surface area contributed by atoms with E-state index in [0.29, 0.717) is 18.2 Å². The van der Waals surface area contributed by atoms with Crippen molar-refractivity contribution in [2.45, 2.75) is 19.8 Å². The first-order valence-corrected chi connectivity index (χ1v) is 9.31. The van der Waals surface area contributed by atoms with Gasteiger partial charge in [0.25, 0.3) is 5.91 Å². The molecule has 0 fully saturated rings. The van der Waals surface area contributed by atoms with E-state index < -0.39 is 0 Å². The van der Waals surface area contributed by atoms with E-state index in [1.165, 1.54) is 11.1 Å². The maximum absolute atomic E-state index is 13.2. The summed E-state index contributed by atoms with van der Waals surface area (Å²) in [6, 6.07) is 18.2. The highest BCUT2D eigenvalue weighted by molar-refractivity contribution is 6.06. The van der Waals surface area contributed by atoms with Gasteiger partial charge in [0.1, 0.15) is 5.69 Å². The molecule has 0 saturated carbocycles. The average Bonchev–Trinajstić information content (AvgIpc) is 3.31. The van der Waals surface area contributed by atoms with Crippen molar-refractivity contribution in [2.75, 3.05) is 22.9 Å². The fraction of sp³-hybridized carbons (Fsp3) is 0.227. The summed E-state index contributed by atoms with van der Waals surface area (Å²) in [7, 11) is 0. The lowest BCUT2D eigenvalue weighted by molar-refractivity contribution is 0.0984. The maximum Gasteiger partial charge on any atom is 0.277 e. The van der Waals surface area contributed by atoms with E-state index in [0.717, 1.165) is 36.5 Å². The van der Waals surface area contributed by atoms with Crippen LogP contribution in [0.3, 0.4) is 0 Å². The lowest BCUT2D eigenvalue weighted by atomic mass is 10.2. The number of anilines is 3. The van der Waals surface area contributed by atoms with Crippen LogP contribution in [0.25, 0.3) is 0 Å². The lowest BCUT2D eigenvalue weighted by Crippen LogP contribution is -2.30. The van der Waals surface area contributed by atoms with Gasteiger partial charge < -0.3 is 9.80 Å². The van der Waals surface area contributed by atoms with Crippen LogP contribution in [0.1, 0.15) is 27.3 Å². The topological polar surface area (TPSA) is 49.3 Å². The molecule has 5 rings (SSSR count). The van der Waals surface area contributed by atoms with Crippen molar-refractivity contribution in [3.63, 3.8) is 0 Å². The highest BCUT2D eigenvalue weighted by Gasteiger charge is 2.28. The van der Waals surface area contributed by atoms with Crippen molar-refractivity contribution in [1.29, 1.82) is 0 Å². The van der Waals surface area contributed by atoms with Crippen molar-refractivity contribution in [2.24, 2.45) is 0 Å².